The third kappa shape index (κ3) is 7.43. The summed E-state index contributed by atoms with van der Waals surface area (Å²) < 4.78 is 7.43. The van der Waals surface area contributed by atoms with Gasteiger partial charge < -0.3 is 29.8 Å². The van der Waals surface area contributed by atoms with Gasteiger partial charge in [-0.05, 0) is 99.0 Å². The Kier molecular flexibility index (Phi) is 10.7. The Labute approximate surface area is 403 Å². The molecule has 350 valence electrons. The smallest absolute Gasteiger partial charge is 0.328 e. The van der Waals surface area contributed by atoms with Crippen LogP contribution in [0.1, 0.15) is 73.7 Å². The number of H-pyrrole nitrogens is 1. The van der Waals surface area contributed by atoms with Crippen LogP contribution in [0.5, 0.6) is 0 Å². The van der Waals surface area contributed by atoms with Crippen LogP contribution in [0.3, 0.4) is 0 Å². The zero-order valence-electron chi connectivity index (χ0n) is 37.7. The van der Waals surface area contributed by atoms with E-state index in [2.05, 4.69) is 29.3 Å². The van der Waals surface area contributed by atoms with Crippen molar-refractivity contribution in [1.82, 2.24) is 63.1 Å². The number of nitrogens with zero attached hydrogens (tertiary/aromatic N) is 14. The number of aliphatic hydroxyl groups excluding tert-OH is 3. The molecule has 7 aromatic heterocycles. The van der Waals surface area contributed by atoms with Crippen LogP contribution in [0, 0.1) is 13.5 Å². The summed E-state index contributed by atoms with van der Waals surface area (Å²) in [4.78, 5) is 59.4. The number of fused-ring (bicyclic) bond motifs is 5. The monoisotopic (exact) mass is 953 g/mol. The molecule has 2 atom stereocenters. The number of imidazole rings is 4. The quantitative estimate of drug-likeness (QED) is 0.121. The number of benzene rings is 3. The van der Waals surface area contributed by atoms with Gasteiger partial charge in [-0.2, -0.15) is 15.0 Å². The van der Waals surface area contributed by atoms with E-state index in [1.165, 1.54) is 0 Å². The van der Waals surface area contributed by atoms with Crippen molar-refractivity contribution in [3.63, 3.8) is 0 Å². The summed E-state index contributed by atoms with van der Waals surface area (Å²) in [7, 11) is 0. The summed E-state index contributed by atoms with van der Waals surface area (Å²) in [6, 6.07) is 22.2. The second-order valence-electron chi connectivity index (χ2n) is 18.1. The van der Waals surface area contributed by atoms with E-state index < -0.39 is 12.2 Å². The maximum Gasteiger partial charge on any atom is 0.328 e. The first kappa shape index (κ1) is 43.4. The number of β-amino-alcohol motifs (C(OH)–C–C–N with tert-alkyl or cyclic N) is 1. The number of hydrogen-bond donors (Lipinski definition) is 4. The molecule has 3 aromatic carbocycles. The van der Waals surface area contributed by atoms with Crippen LogP contribution >= 0.6 is 11.6 Å². The van der Waals surface area contributed by atoms with Gasteiger partial charge >= 0.3 is 5.69 Å². The first-order valence-corrected chi connectivity index (χ1v) is 23.5. The molecule has 10 aromatic rings. The van der Waals surface area contributed by atoms with E-state index in [4.69, 9.17) is 43.1 Å². The van der Waals surface area contributed by atoms with Crippen molar-refractivity contribution in [2.45, 2.75) is 75.8 Å². The van der Waals surface area contributed by atoms with Crippen LogP contribution in [-0.4, -0.2) is 104 Å². The fourth-order valence-corrected chi connectivity index (χ4v) is 10.4. The maximum absolute atomic E-state index is 13.4. The average molecular weight is 954 g/mol. The van der Waals surface area contributed by atoms with Crippen molar-refractivity contribution < 1.29 is 15.3 Å². The highest BCUT2D eigenvalue weighted by molar-refractivity contribution is 6.31. The minimum absolute atomic E-state index is 0.226. The number of aliphatic hydroxyl groups is 3. The molecular weight excluding hydrogens is 910 g/mol. The van der Waals surface area contributed by atoms with Crippen molar-refractivity contribution in [2.24, 2.45) is 0 Å². The van der Waals surface area contributed by atoms with Crippen molar-refractivity contribution in [3.8, 4) is 23.2 Å². The Morgan fingerprint density at radius 2 is 1.41 bits per heavy atom. The first-order valence-electron chi connectivity index (χ1n) is 23.1. The molecule has 0 spiro atoms. The number of nitrogens with one attached hydrogen (secondary N) is 1. The molecule has 19 nitrogen and oxygen atoms in total. The summed E-state index contributed by atoms with van der Waals surface area (Å²) in [6.45, 7) is 10.2. The Balaban J connectivity index is 0.000000145. The van der Waals surface area contributed by atoms with Gasteiger partial charge in [0.25, 0.3) is 0 Å². The van der Waals surface area contributed by atoms with Gasteiger partial charge in [0.15, 0.2) is 22.8 Å². The lowest BCUT2D eigenvalue weighted by molar-refractivity contribution is 0.111. The average Bonchev–Trinajstić information content (AvgIpc) is 4.15. The standard InChI is InChI=1S/C26H22N8O3.C24H22ClN7O/c1-27-14-6-7-18-20(10-14)33(13-28-18)25-30-23(32-11-15(35)12-32)22-24(31-25)34(26(37)29-22)19-8-9-21(36)17-5-3-2-4-16(17)19;1-14-28-22-21(15-8-10-26-11-9-15)29-24(31-13-27-19-7-2-16(25)12-20(19)31)30-23(22)32(14)17-3-5-18(33)6-4-17/h2-7,10,13,15,19,21,35-36H,8-9,11-12H2,(H,29,37);2,7-13,17-18,33H,3-6H2,1H3/t19-,21-;/m1./s1. The summed E-state index contributed by atoms with van der Waals surface area (Å²) in [5.74, 6) is 2.24. The molecule has 2 aliphatic carbocycles. The van der Waals surface area contributed by atoms with E-state index in [1.807, 2.05) is 71.0 Å². The normalized spacial score (nSPS) is 19.3. The Hall–Kier alpha value is -7.89. The van der Waals surface area contributed by atoms with Gasteiger partial charge in [0, 0.05) is 42.1 Å². The SMILES string of the molecule is Cc1nc2c(-c3ccncc3)nc(-n3cnc4ccc(Cl)cc43)nc2n1C1CCC(O)CC1.[C-]#[N+]c1ccc2ncn(-c3nc(N4CC(O)C4)c4[nH]c(=O)n([C@@H]5CC[C@@H](O)c6ccccc65)c4n3)c2c1. The van der Waals surface area contributed by atoms with Gasteiger partial charge in [-0.15, -0.1) is 0 Å². The van der Waals surface area contributed by atoms with Gasteiger partial charge in [-0.3, -0.25) is 18.7 Å². The molecule has 1 aliphatic heterocycles. The van der Waals surface area contributed by atoms with Crippen LogP contribution < -0.4 is 10.6 Å². The van der Waals surface area contributed by atoms with Crippen LogP contribution in [0.15, 0.2) is 103 Å². The number of rotatable bonds is 6. The van der Waals surface area contributed by atoms with Gasteiger partial charge in [-0.25, -0.2) is 29.6 Å². The lowest BCUT2D eigenvalue weighted by Gasteiger charge is -2.37. The molecule has 0 amide bonds. The highest BCUT2D eigenvalue weighted by Gasteiger charge is 2.34. The van der Waals surface area contributed by atoms with Gasteiger partial charge in [0.2, 0.25) is 11.9 Å². The molecule has 2 fully saturated rings. The van der Waals surface area contributed by atoms with E-state index in [1.54, 1.807) is 52.4 Å². The largest absolute Gasteiger partial charge is 0.393 e. The summed E-state index contributed by atoms with van der Waals surface area (Å²) in [6.07, 6.45) is 10.0. The Morgan fingerprint density at radius 3 is 2.14 bits per heavy atom. The van der Waals surface area contributed by atoms with E-state index in [0.29, 0.717) is 76.6 Å². The number of halogens is 1. The van der Waals surface area contributed by atoms with E-state index in [-0.39, 0.29) is 23.9 Å². The minimum atomic E-state index is -0.578. The lowest BCUT2D eigenvalue weighted by atomic mass is 9.85. The number of aromatic nitrogens is 13. The topological polar surface area (TPSA) is 224 Å². The molecule has 13 rings (SSSR count). The molecule has 1 saturated carbocycles. The van der Waals surface area contributed by atoms with Crippen LogP contribution in [0.25, 0.3) is 72.4 Å². The predicted octanol–water partition coefficient (Wildman–Crippen LogP) is 7.27. The molecule has 1 saturated heterocycles. The fraction of sp³-hybridized carbons (Fsp3) is 0.280. The van der Waals surface area contributed by atoms with E-state index in [9.17, 15) is 20.1 Å². The molecule has 0 unspecified atom stereocenters. The molecule has 8 heterocycles. The van der Waals surface area contributed by atoms with Gasteiger partial charge in [0.1, 0.15) is 35.2 Å². The van der Waals surface area contributed by atoms with Crippen molar-refractivity contribution >= 4 is 67.5 Å². The molecule has 4 N–H and O–H groups in total. The summed E-state index contributed by atoms with van der Waals surface area (Å²) in [5, 5.41) is 31.2. The Morgan fingerprint density at radius 1 is 0.729 bits per heavy atom. The van der Waals surface area contributed by atoms with E-state index >= 15 is 0 Å². The number of aryl methyl sites for hydroxylation is 1. The second-order valence-corrected chi connectivity index (χ2v) is 18.5. The van der Waals surface area contributed by atoms with Crippen molar-refractivity contribution in [3.05, 3.63) is 142 Å². The van der Waals surface area contributed by atoms with Gasteiger partial charge in [-0.1, -0.05) is 41.9 Å². The third-order valence-electron chi connectivity index (χ3n) is 13.7. The van der Waals surface area contributed by atoms with E-state index in [0.717, 1.165) is 76.1 Å². The molecular formula is C50H44ClN15O4. The molecule has 20 heteroatoms. The summed E-state index contributed by atoms with van der Waals surface area (Å²) >= 11 is 6.28. The van der Waals surface area contributed by atoms with Gasteiger partial charge in [0.05, 0.1) is 53.0 Å². The molecule has 0 radical (unpaired) electrons. The third-order valence-corrected chi connectivity index (χ3v) is 14.0. The molecule has 0 bridgehead atoms. The fourth-order valence-electron chi connectivity index (χ4n) is 10.3. The zero-order valence-corrected chi connectivity index (χ0v) is 38.4. The van der Waals surface area contributed by atoms with Crippen LogP contribution in [-0.2, 0) is 0 Å². The van der Waals surface area contributed by atoms with Crippen LogP contribution in [0.4, 0.5) is 11.5 Å². The number of aromatic amines is 1. The van der Waals surface area contributed by atoms with Crippen molar-refractivity contribution in [1.29, 1.82) is 0 Å². The molecule has 3 aliphatic rings. The second kappa shape index (κ2) is 17.3. The van der Waals surface area contributed by atoms with Crippen LogP contribution in [0.2, 0.25) is 5.02 Å². The maximum atomic E-state index is 13.4. The number of hydrogen-bond acceptors (Lipinski definition) is 13. The Bertz CT molecular complexity index is 3750. The number of pyridine rings is 1. The highest BCUT2D eigenvalue weighted by Crippen LogP contribution is 2.40. The molecule has 70 heavy (non-hydrogen) atoms. The first-order chi connectivity index (χ1) is 34.1. The minimum Gasteiger partial charge on any atom is -0.393 e. The zero-order chi connectivity index (χ0) is 47.8. The summed E-state index contributed by atoms with van der Waals surface area (Å²) in [5.41, 5.74) is 9.04. The number of anilines is 1. The lowest BCUT2D eigenvalue weighted by Crippen LogP contribution is -2.51. The predicted molar refractivity (Wildman–Crippen MR) is 262 cm³/mol. The highest BCUT2D eigenvalue weighted by atomic mass is 35.5. The van der Waals surface area contributed by atoms with Crippen molar-refractivity contribution in [2.75, 3.05) is 18.0 Å².